The molecule has 0 fully saturated rings. The van der Waals surface area contributed by atoms with Gasteiger partial charge in [0.05, 0.1) is 19.4 Å². The molecule has 0 saturated carbocycles. The van der Waals surface area contributed by atoms with E-state index in [0.29, 0.717) is 0 Å². The van der Waals surface area contributed by atoms with Crippen LogP contribution in [0.15, 0.2) is 30.6 Å². The Bertz CT molecular complexity index is 298. The number of halogens is 2. The molecule has 2 aromatic heterocycles. The quantitative estimate of drug-likeness (QED) is 0.307. The van der Waals surface area contributed by atoms with E-state index in [1.54, 1.807) is 6.20 Å². The SMILES string of the molecule is B.F.F.NN.c1cnc2cc[nH]c2c1. The van der Waals surface area contributed by atoms with Crippen molar-refractivity contribution in [2.45, 2.75) is 0 Å². The Hall–Kier alpha value is -1.47. The van der Waals surface area contributed by atoms with E-state index >= 15 is 0 Å². The summed E-state index contributed by atoms with van der Waals surface area (Å²) in [6.45, 7) is 0. The number of pyridine rings is 1. The summed E-state index contributed by atoms with van der Waals surface area (Å²) >= 11 is 0. The number of H-pyrrole nitrogens is 1. The summed E-state index contributed by atoms with van der Waals surface area (Å²) in [5, 5.41) is 0. The van der Waals surface area contributed by atoms with Crippen molar-refractivity contribution >= 4 is 19.4 Å². The van der Waals surface area contributed by atoms with Gasteiger partial charge in [-0.15, -0.1) is 0 Å². The van der Waals surface area contributed by atoms with Crippen LogP contribution in [0.5, 0.6) is 0 Å². The fraction of sp³-hybridized carbons (Fsp3) is 0. The Labute approximate surface area is 82.0 Å². The molecule has 0 aliphatic carbocycles. The maximum Gasteiger partial charge on any atom is 0.0878 e. The number of aromatic amines is 1. The Morgan fingerprint density at radius 1 is 1.14 bits per heavy atom. The molecule has 14 heavy (non-hydrogen) atoms. The minimum atomic E-state index is 0. The molecule has 0 aliphatic heterocycles. The van der Waals surface area contributed by atoms with E-state index < -0.39 is 0 Å². The van der Waals surface area contributed by atoms with E-state index in [1.807, 2.05) is 24.4 Å². The van der Waals surface area contributed by atoms with E-state index in [-0.39, 0.29) is 17.8 Å². The molecule has 2 aromatic rings. The first-order valence-electron chi connectivity index (χ1n) is 3.18. The number of nitrogens with zero attached hydrogens (tertiary/aromatic N) is 1. The van der Waals surface area contributed by atoms with Gasteiger partial charge in [-0.3, -0.25) is 26.1 Å². The number of rotatable bonds is 0. The molecule has 0 aliphatic rings. The normalized spacial score (nSPS) is 7.00. The van der Waals surface area contributed by atoms with Crippen molar-refractivity contribution in [3.63, 3.8) is 0 Å². The summed E-state index contributed by atoms with van der Waals surface area (Å²) in [6, 6.07) is 5.87. The molecular weight excluding hydrogens is 189 g/mol. The molecule has 4 nitrogen and oxygen atoms in total. The van der Waals surface area contributed by atoms with Gasteiger partial charge in [-0.25, -0.2) is 0 Å². The molecule has 80 valence electrons. The highest BCUT2D eigenvalue weighted by Gasteiger charge is 1.88. The van der Waals surface area contributed by atoms with Crippen molar-refractivity contribution < 1.29 is 9.41 Å². The number of fused-ring (bicyclic) bond motifs is 1. The maximum atomic E-state index is 4.11. The second-order valence-corrected chi connectivity index (χ2v) is 1.91. The highest BCUT2D eigenvalue weighted by molar-refractivity contribution is 5.75. The molecule has 0 unspecified atom stereocenters. The smallest absolute Gasteiger partial charge is 0.0878 e. The van der Waals surface area contributed by atoms with Gasteiger partial charge in [-0.05, 0) is 18.2 Å². The third-order valence-electron chi connectivity index (χ3n) is 1.32. The average molecular weight is 204 g/mol. The second kappa shape index (κ2) is 9.62. The van der Waals surface area contributed by atoms with Crippen LogP contribution in [0.25, 0.3) is 11.0 Å². The van der Waals surface area contributed by atoms with Crippen molar-refractivity contribution in [3.8, 4) is 0 Å². The molecule has 2 heterocycles. The van der Waals surface area contributed by atoms with Crippen LogP contribution in [0.4, 0.5) is 9.41 Å². The monoisotopic (exact) mass is 204 g/mol. The molecule has 2 rings (SSSR count). The van der Waals surface area contributed by atoms with Gasteiger partial charge in [-0.2, -0.15) is 0 Å². The topological polar surface area (TPSA) is 80.7 Å². The number of nitrogens with one attached hydrogen (secondary N) is 1. The van der Waals surface area contributed by atoms with Crippen LogP contribution in [0, 0.1) is 0 Å². The molecule has 5 N–H and O–H groups in total. The lowest BCUT2D eigenvalue weighted by atomic mass is 10.4. The van der Waals surface area contributed by atoms with Gasteiger partial charge in [0.1, 0.15) is 0 Å². The van der Waals surface area contributed by atoms with Crippen molar-refractivity contribution in [1.82, 2.24) is 9.97 Å². The zero-order valence-corrected chi connectivity index (χ0v) is 6.81. The first-order valence-corrected chi connectivity index (χ1v) is 3.18. The molecule has 0 spiro atoms. The minimum Gasteiger partial charge on any atom is -0.360 e. The number of aromatic nitrogens is 2. The van der Waals surface area contributed by atoms with Crippen molar-refractivity contribution in [2.75, 3.05) is 0 Å². The van der Waals surface area contributed by atoms with Gasteiger partial charge in [-0.1, -0.05) is 0 Å². The van der Waals surface area contributed by atoms with Gasteiger partial charge in [0.25, 0.3) is 0 Å². The predicted octanol–water partition coefficient (Wildman–Crippen LogP) is -0.497. The Morgan fingerprint density at radius 2 is 1.79 bits per heavy atom. The lowest BCUT2D eigenvalue weighted by molar-refractivity contribution is 1.11. The number of hydrogen-bond donors (Lipinski definition) is 3. The van der Waals surface area contributed by atoms with Crippen LogP contribution < -0.4 is 11.7 Å². The minimum absolute atomic E-state index is 0. The van der Waals surface area contributed by atoms with E-state index in [0.717, 1.165) is 11.0 Å². The number of hydrazine groups is 1. The predicted molar refractivity (Wildman–Crippen MR) is 59.4 cm³/mol. The van der Waals surface area contributed by atoms with Gasteiger partial charge < -0.3 is 4.98 Å². The Kier molecular flexibility index (Phi) is 12.6. The third kappa shape index (κ3) is 3.97. The Morgan fingerprint density at radius 3 is 2.36 bits per heavy atom. The van der Waals surface area contributed by atoms with Gasteiger partial charge in [0.2, 0.25) is 0 Å². The second-order valence-electron chi connectivity index (χ2n) is 1.91. The molecule has 0 saturated heterocycles. The molecule has 0 amide bonds. The molecule has 7 heteroatoms. The van der Waals surface area contributed by atoms with Crippen LogP contribution in [-0.4, -0.2) is 18.4 Å². The summed E-state index contributed by atoms with van der Waals surface area (Å²) < 4.78 is 0. The third-order valence-corrected chi connectivity index (χ3v) is 1.32. The van der Waals surface area contributed by atoms with Crippen LogP contribution in [0.2, 0.25) is 0 Å². The fourth-order valence-electron chi connectivity index (χ4n) is 0.883. The zero-order chi connectivity index (χ0) is 8.10. The van der Waals surface area contributed by atoms with Crippen LogP contribution in [0.3, 0.4) is 0 Å². The lowest BCUT2D eigenvalue weighted by Gasteiger charge is -1.82. The summed E-state index contributed by atoms with van der Waals surface area (Å²) in [5.74, 6) is 8.00. The van der Waals surface area contributed by atoms with E-state index in [4.69, 9.17) is 0 Å². The largest absolute Gasteiger partial charge is 0.360 e. The van der Waals surface area contributed by atoms with Gasteiger partial charge in [0.15, 0.2) is 0 Å². The summed E-state index contributed by atoms with van der Waals surface area (Å²) in [7, 11) is 0. The summed E-state index contributed by atoms with van der Waals surface area (Å²) in [6.07, 6.45) is 3.67. The summed E-state index contributed by atoms with van der Waals surface area (Å²) in [4.78, 5) is 7.17. The summed E-state index contributed by atoms with van der Waals surface area (Å²) in [5.41, 5.74) is 2.12. The lowest BCUT2D eigenvalue weighted by Crippen LogP contribution is -2.02. The number of nitrogens with two attached hydrogens (primary N) is 2. The van der Waals surface area contributed by atoms with E-state index in [1.165, 1.54) is 0 Å². The van der Waals surface area contributed by atoms with Gasteiger partial charge >= 0.3 is 0 Å². The van der Waals surface area contributed by atoms with Crippen LogP contribution in [0.1, 0.15) is 0 Å². The first kappa shape index (κ1) is 18.3. The standard InChI is InChI=1S/C7H6N2.BH3.2FH.H4N2/c1-2-6-7(8-4-1)3-5-9-6;;;;1-2/h1-5,9H;1H3;2*1H;1-2H2. The van der Waals surface area contributed by atoms with Crippen molar-refractivity contribution in [2.24, 2.45) is 11.7 Å². The maximum absolute atomic E-state index is 4.11. The molecule has 0 radical (unpaired) electrons. The highest BCUT2D eigenvalue weighted by atomic mass is 19.0. The molecular formula is C7H15BF2N4. The molecule has 0 aromatic carbocycles. The Balaban J connectivity index is -0.000000229. The van der Waals surface area contributed by atoms with Crippen molar-refractivity contribution in [3.05, 3.63) is 30.6 Å². The van der Waals surface area contributed by atoms with Crippen LogP contribution >= 0.6 is 0 Å². The van der Waals surface area contributed by atoms with Crippen molar-refractivity contribution in [1.29, 1.82) is 0 Å². The fourth-order valence-corrected chi connectivity index (χ4v) is 0.883. The van der Waals surface area contributed by atoms with E-state index in [9.17, 15) is 0 Å². The zero-order valence-electron chi connectivity index (χ0n) is 6.81. The first-order chi connectivity index (χ1) is 5.47. The average Bonchev–Trinajstić information content (AvgIpc) is 2.55. The highest BCUT2D eigenvalue weighted by Crippen LogP contribution is 2.05. The van der Waals surface area contributed by atoms with E-state index in [2.05, 4.69) is 21.7 Å². The molecule has 0 atom stereocenters. The molecule has 0 bridgehead atoms. The number of hydrogen-bond acceptors (Lipinski definition) is 3. The van der Waals surface area contributed by atoms with Gasteiger partial charge in [0, 0.05) is 12.4 Å². The van der Waals surface area contributed by atoms with Crippen LogP contribution in [-0.2, 0) is 0 Å².